The van der Waals surface area contributed by atoms with Gasteiger partial charge in [0.05, 0.1) is 19.1 Å². The Hall–Kier alpha value is -1.79. The summed E-state index contributed by atoms with van der Waals surface area (Å²) < 4.78 is 42.2. The minimum Gasteiger partial charge on any atom is -0.481 e. The molecule has 88 valence electrons. The van der Waals surface area contributed by atoms with E-state index in [1.54, 1.807) is 0 Å². The van der Waals surface area contributed by atoms with Crippen molar-refractivity contribution in [1.29, 1.82) is 0 Å². The standard InChI is InChI=1S/C9H8F3NO3/c1-16-8-5(4-7(14)15)6(2-3-13-8)9(10,11)12/h2-3H,4H2,1H3,(H,14,15). The van der Waals surface area contributed by atoms with E-state index >= 15 is 0 Å². The molecule has 1 aromatic heterocycles. The molecule has 0 saturated carbocycles. The van der Waals surface area contributed by atoms with Crippen molar-refractivity contribution < 1.29 is 27.8 Å². The van der Waals surface area contributed by atoms with Gasteiger partial charge in [0, 0.05) is 11.8 Å². The minimum atomic E-state index is -4.62. The van der Waals surface area contributed by atoms with Crippen molar-refractivity contribution in [2.24, 2.45) is 0 Å². The summed E-state index contributed by atoms with van der Waals surface area (Å²) in [5.41, 5.74) is -1.51. The number of carboxylic acid groups (broad SMARTS) is 1. The van der Waals surface area contributed by atoms with E-state index in [2.05, 4.69) is 9.72 Å². The predicted octanol–water partition coefficient (Wildman–Crippen LogP) is 1.74. The quantitative estimate of drug-likeness (QED) is 0.866. The molecule has 0 spiro atoms. The van der Waals surface area contributed by atoms with Crippen molar-refractivity contribution in [1.82, 2.24) is 4.98 Å². The number of carbonyl (C=O) groups is 1. The van der Waals surface area contributed by atoms with Crippen LogP contribution in [0, 0.1) is 0 Å². The number of hydrogen-bond donors (Lipinski definition) is 1. The third kappa shape index (κ3) is 2.62. The molecule has 0 atom stereocenters. The summed E-state index contributed by atoms with van der Waals surface area (Å²) in [6.07, 6.45) is -4.49. The molecule has 0 aliphatic rings. The van der Waals surface area contributed by atoms with E-state index in [1.165, 1.54) is 0 Å². The number of aromatic nitrogens is 1. The van der Waals surface area contributed by atoms with Crippen LogP contribution in [0.3, 0.4) is 0 Å². The van der Waals surface area contributed by atoms with Gasteiger partial charge in [0.2, 0.25) is 5.88 Å². The molecule has 0 saturated heterocycles. The van der Waals surface area contributed by atoms with Gasteiger partial charge in [-0.25, -0.2) is 4.98 Å². The molecule has 1 aromatic rings. The number of carboxylic acids is 1. The Morgan fingerprint density at radius 3 is 2.62 bits per heavy atom. The van der Waals surface area contributed by atoms with E-state index in [4.69, 9.17) is 5.11 Å². The van der Waals surface area contributed by atoms with Crippen LogP contribution >= 0.6 is 0 Å². The highest BCUT2D eigenvalue weighted by molar-refractivity contribution is 5.71. The van der Waals surface area contributed by atoms with Gasteiger partial charge in [-0.1, -0.05) is 0 Å². The highest BCUT2D eigenvalue weighted by Gasteiger charge is 2.35. The number of halogens is 3. The fourth-order valence-electron chi connectivity index (χ4n) is 1.24. The zero-order valence-electron chi connectivity index (χ0n) is 8.21. The zero-order chi connectivity index (χ0) is 12.3. The van der Waals surface area contributed by atoms with E-state index in [0.29, 0.717) is 0 Å². The van der Waals surface area contributed by atoms with Crippen molar-refractivity contribution in [3.05, 3.63) is 23.4 Å². The van der Waals surface area contributed by atoms with Gasteiger partial charge in [-0.15, -0.1) is 0 Å². The van der Waals surface area contributed by atoms with Gasteiger partial charge in [-0.05, 0) is 6.07 Å². The Morgan fingerprint density at radius 1 is 1.56 bits per heavy atom. The molecule has 0 aromatic carbocycles. The first-order chi connectivity index (χ1) is 7.36. The smallest absolute Gasteiger partial charge is 0.416 e. The monoisotopic (exact) mass is 235 g/mol. The molecule has 0 aliphatic heterocycles. The Kier molecular flexibility index (Phi) is 3.36. The summed E-state index contributed by atoms with van der Waals surface area (Å²) in [6.45, 7) is 0. The van der Waals surface area contributed by atoms with E-state index < -0.39 is 29.7 Å². The second kappa shape index (κ2) is 4.38. The Labute approximate surface area is 88.7 Å². The first-order valence-electron chi connectivity index (χ1n) is 4.17. The highest BCUT2D eigenvalue weighted by Crippen LogP contribution is 2.35. The molecule has 0 aliphatic carbocycles. The molecular weight excluding hydrogens is 227 g/mol. The van der Waals surface area contributed by atoms with Crippen LogP contribution < -0.4 is 4.74 Å². The lowest BCUT2D eigenvalue weighted by atomic mass is 10.1. The van der Waals surface area contributed by atoms with Crippen molar-refractivity contribution in [2.45, 2.75) is 12.6 Å². The van der Waals surface area contributed by atoms with Crippen LogP contribution in [-0.4, -0.2) is 23.2 Å². The Bertz CT molecular complexity index is 403. The van der Waals surface area contributed by atoms with Gasteiger partial charge in [0.25, 0.3) is 0 Å². The van der Waals surface area contributed by atoms with Crippen LogP contribution in [0.1, 0.15) is 11.1 Å². The van der Waals surface area contributed by atoms with Gasteiger partial charge in [-0.2, -0.15) is 13.2 Å². The third-order valence-corrected chi connectivity index (χ3v) is 1.84. The summed E-state index contributed by atoms with van der Waals surface area (Å²) in [7, 11) is 1.13. The fraction of sp³-hybridized carbons (Fsp3) is 0.333. The van der Waals surface area contributed by atoms with Gasteiger partial charge in [0.15, 0.2) is 0 Å². The number of pyridine rings is 1. The lowest BCUT2D eigenvalue weighted by Gasteiger charge is -2.13. The summed E-state index contributed by atoms with van der Waals surface area (Å²) >= 11 is 0. The number of methoxy groups -OCH3 is 1. The minimum absolute atomic E-state index is 0.322. The fourth-order valence-corrected chi connectivity index (χ4v) is 1.24. The van der Waals surface area contributed by atoms with Crippen molar-refractivity contribution in [3.63, 3.8) is 0 Å². The molecule has 4 nitrogen and oxygen atoms in total. The molecule has 16 heavy (non-hydrogen) atoms. The van der Waals surface area contributed by atoms with E-state index in [1.807, 2.05) is 0 Å². The summed E-state index contributed by atoms with van der Waals surface area (Å²) in [5, 5.41) is 8.53. The zero-order valence-corrected chi connectivity index (χ0v) is 8.21. The van der Waals surface area contributed by atoms with Gasteiger partial charge in [-0.3, -0.25) is 4.79 Å². The second-order valence-electron chi connectivity index (χ2n) is 2.91. The maximum atomic E-state index is 12.5. The summed E-state index contributed by atoms with van der Waals surface area (Å²) in [6, 6.07) is 0.723. The maximum absolute atomic E-state index is 12.5. The SMILES string of the molecule is COc1nccc(C(F)(F)F)c1CC(=O)O. The van der Waals surface area contributed by atoms with Gasteiger partial charge in [0.1, 0.15) is 0 Å². The molecule has 0 amide bonds. The lowest BCUT2D eigenvalue weighted by molar-refractivity contribution is -0.139. The van der Waals surface area contributed by atoms with Crippen LogP contribution in [0.5, 0.6) is 5.88 Å². The topological polar surface area (TPSA) is 59.4 Å². The summed E-state index contributed by atoms with van der Waals surface area (Å²) in [4.78, 5) is 14.0. The highest BCUT2D eigenvalue weighted by atomic mass is 19.4. The average molecular weight is 235 g/mol. The number of aliphatic carboxylic acids is 1. The molecule has 0 bridgehead atoms. The summed E-state index contributed by atoms with van der Waals surface area (Å²) in [5.74, 6) is -1.70. The van der Waals surface area contributed by atoms with Crippen LogP contribution in [0.15, 0.2) is 12.3 Å². The molecule has 0 radical (unpaired) electrons. The number of rotatable bonds is 3. The first-order valence-corrected chi connectivity index (χ1v) is 4.17. The van der Waals surface area contributed by atoms with Crippen molar-refractivity contribution in [2.75, 3.05) is 7.11 Å². The molecule has 1 N–H and O–H groups in total. The lowest BCUT2D eigenvalue weighted by Crippen LogP contribution is -2.14. The number of alkyl halides is 3. The largest absolute Gasteiger partial charge is 0.481 e. The molecular formula is C9H8F3NO3. The molecule has 1 rings (SSSR count). The average Bonchev–Trinajstić information content (AvgIpc) is 2.15. The normalized spacial score (nSPS) is 11.2. The van der Waals surface area contributed by atoms with Crippen LogP contribution in [0.25, 0.3) is 0 Å². The van der Waals surface area contributed by atoms with Gasteiger partial charge < -0.3 is 9.84 Å². The number of hydrogen-bond acceptors (Lipinski definition) is 3. The Morgan fingerprint density at radius 2 is 2.19 bits per heavy atom. The van der Waals surface area contributed by atoms with Crippen LogP contribution in [0.4, 0.5) is 13.2 Å². The van der Waals surface area contributed by atoms with E-state index in [9.17, 15) is 18.0 Å². The third-order valence-electron chi connectivity index (χ3n) is 1.84. The maximum Gasteiger partial charge on any atom is 0.416 e. The van der Waals surface area contributed by atoms with E-state index in [-0.39, 0.29) is 5.88 Å². The molecule has 7 heteroatoms. The van der Waals surface area contributed by atoms with Crippen molar-refractivity contribution in [3.8, 4) is 5.88 Å². The first kappa shape index (κ1) is 12.3. The number of ether oxygens (including phenoxy) is 1. The predicted molar refractivity (Wildman–Crippen MR) is 47.1 cm³/mol. The van der Waals surface area contributed by atoms with E-state index in [0.717, 1.165) is 19.4 Å². The van der Waals surface area contributed by atoms with Gasteiger partial charge >= 0.3 is 12.1 Å². The number of nitrogens with zero attached hydrogens (tertiary/aromatic N) is 1. The van der Waals surface area contributed by atoms with Crippen LogP contribution in [0.2, 0.25) is 0 Å². The molecule has 0 unspecified atom stereocenters. The Balaban J connectivity index is 3.31. The van der Waals surface area contributed by atoms with Crippen LogP contribution in [-0.2, 0) is 17.4 Å². The molecule has 0 fully saturated rings. The second-order valence-corrected chi connectivity index (χ2v) is 2.91. The molecule has 1 heterocycles. The van der Waals surface area contributed by atoms with Crippen molar-refractivity contribution >= 4 is 5.97 Å².